The highest BCUT2D eigenvalue weighted by atomic mass is 16.5. The standard InChI is InChI=1S/C26H27N5O6/c1-4-5-8-14-20(21-16(34-2)9-6-10-17(21)35-3)24(32)22(26(33)30-14)25(28)36-19(27)13-15-23-18(37-31-15)11-7-12-29-23/h6-7,9-12,27-28H,4-5,8,13H2,1-3H3,(H2,30,32,33)/p+1. The number of fused-ring (bicyclic) bond motifs is 1. The minimum Gasteiger partial charge on any atom is -0.506 e. The van der Waals surface area contributed by atoms with Crippen molar-refractivity contribution in [3.63, 3.8) is 0 Å². The number of ether oxygens (including phenoxy) is 3. The molecule has 37 heavy (non-hydrogen) atoms. The molecule has 0 aliphatic carbocycles. The van der Waals surface area contributed by atoms with Crippen molar-refractivity contribution < 1.29 is 29.2 Å². The van der Waals surface area contributed by atoms with E-state index >= 15 is 0 Å². The van der Waals surface area contributed by atoms with Gasteiger partial charge in [0.25, 0.3) is 5.56 Å². The van der Waals surface area contributed by atoms with Crippen LogP contribution in [0.2, 0.25) is 0 Å². The highest BCUT2D eigenvalue weighted by Gasteiger charge is 2.28. The number of hydrogen-bond acceptors (Lipinski definition) is 9. The maximum Gasteiger partial charge on any atom is 0.346 e. The molecule has 0 amide bonds. The van der Waals surface area contributed by atoms with Gasteiger partial charge in [-0.1, -0.05) is 24.6 Å². The zero-order valence-corrected chi connectivity index (χ0v) is 20.8. The van der Waals surface area contributed by atoms with Crippen LogP contribution in [0.25, 0.3) is 22.2 Å². The number of aromatic amines is 1. The molecule has 3 aromatic heterocycles. The van der Waals surface area contributed by atoms with Gasteiger partial charge >= 0.3 is 5.90 Å². The molecule has 0 fully saturated rings. The maximum absolute atomic E-state index is 13.0. The molecular weight excluding hydrogens is 478 g/mol. The molecule has 0 bridgehead atoms. The number of aromatic nitrogens is 3. The fraction of sp³-hybridized carbons (Fsp3) is 0.269. The lowest BCUT2D eigenvalue weighted by molar-refractivity contribution is -0.134. The van der Waals surface area contributed by atoms with Gasteiger partial charge in [0.1, 0.15) is 40.4 Å². The molecule has 5 N–H and O–H groups in total. The Morgan fingerprint density at radius 1 is 1.16 bits per heavy atom. The van der Waals surface area contributed by atoms with Crippen LogP contribution >= 0.6 is 0 Å². The summed E-state index contributed by atoms with van der Waals surface area (Å²) >= 11 is 0. The van der Waals surface area contributed by atoms with Crippen LogP contribution in [0.1, 0.15) is 36.7 Å². The highest BCUT2D eigenvalue weighted by Crippen LogP contribution is 2.44. The Kier molecular flexibility index (Phi) is 7.52. The van der Waals surface area contributed by atoms with Crippen LogP contribution in [0.15, 0.2) is 45.8 Å². The fourth-order valence-corrected chi connectivity index (χ4v) is 4.08. The maximum atomic E-state index is 13.0. The van der Waals surface area contributed by atoms with Gasteiger partial charge in [-0.3, -0.25) is 15.2 Å². The van der Waals surface area contributed by atoms with E-state index in [0.717, 1.165) is 12.8 Å². The molecular formula is C26H28N5O6+. The number of unbranched alkanes of at least 4 members (excludes halogenated alkanes) is 1. The summed E-state index contributed by atoms with van der Waals surface area (Å²) in [6, 6.07) is 8.61. The SMILES string of the molecule is CCCCc1[nH]c(=O)c(C(=N)OC(=[NH2+])Cc2noc3cccnc23)c(O)c1-c1c(OC)cccc1OC. The van der Waals surface area contributed by atoms with Gasteiger partial charge in [0.05, 0.1) is 25.3 Å². The monoisotopic (exact) mass is 506 g/mol. The number of pyridine rings is 2. The first-order chi connectivity index (χ1) is 17.9. The third kappa shape index (κ3) is 5.01. The first kappa shape index (κ1) is 25.4. The zero-order valence-electron chi connectivity index (χ0n) is 20.8. The van der Waals surface area contributed by atoms with E-state index in [1.165, 1.54) is 14.2 Å². The van der Waals surface area contributed by atoms with Gasteiger partial charge in [0.2, 0.25) is 5.90 Å². The summed E-state index contributed by atoms with van der Waals surface area (Å²) in [5.41, 5.74) is 1.55. The summed E-state index contributed by atoms with van der Waals surface area (Å²) in [6.45, 7) is 2.02. The molecule has 192 valence electrons. The van der Waals surface area contributed by atoms with Gasteiger partial charge in [-0.05, 0) is 37.1 Å². The molecule has 4 aromatic rings. The quantitative estimate of drug-likeness (QED) is 0.198. The summed E-state index contributed by atoms with van der Waals surface area (Å²) in [5, 5.41) is 29.8. The van der Waals surface area contributed by atoms with Crippen molar-refractivity contribution in [2.45, 2.75) is 32.6 Å². The lowest BCUT2D eigenvalue weighted by atomic mass is 9.96. The van der Waals surface area contributed by atoms with E-state index in [2.05, 4.69) is 15.1 Å². The second-order valence-corrected chi connectivity index (χ2v) is 8.23. The van der Waals surface area contributed by atoms with Crippen molar-refractivity contribution in [1.29, 1.82) is 5.41 Å². The number of nitrogens with two attached hydrogens (primary N) is 1. The zero-order chi connectivity index (χ0) is 26.5. The van der Waals surface area contributed by atoms with Crippen LogP contribution in [0.5, 0.6) is 17.2 Å². The summed E-state index contributed by atoms with van der Waals surface area (Å²) < 4.78 is 21.8. The molecule has 0 radical (unpaired) electrons. The molecule has 0 aliphatic rings. The van der Waals surface area contributed by atoms with Gasteiger partial charge < -0.3 is 28.8 Å². The lowest BCUT2D eigenvalue weighted by Gasteiger charge is -2.19. The van der Waals surface area contributed by atoms with Crippen molar-refractivity contribution in [1.82, 2.24) is 15.1 Å². The van der Waals surface area contributed by atoms with E-state index in [-0.39, 0.29) is 23.4 Å². The molecule has 1 aromatic carbocycles. The average molecular weight is 507 g/mol. The Balaban J connectivity index is 1.74. The van der Waals surface area contributed by atoms with Crippen LogP contribution in [0, 0.1) is 5.41 Å². The number of hydrogen-bond donors (Lipinski definition) is 4. The second kappa shape index (κ2) is 10.9. The third-order valence-corrected chi connectivity index (χ3v) is 5.83. The van der Waals surface area contributed by atoms with E-state index in [0.29, 0.717) is 46.0 Å². The van der Waals surface area contributed by atoms with Crippen LogP contribution in [-0.4, -0.2) is 46.2 Å². The predicted octanol–water partition coefficient (Wildman–Crippen LogP) is 2.39. The molecule has 0 atom stereocenters. The molecule has 0 spiro atoms. The minimum absolute atomic E-state index is 0.0210. The number of aryl methyl sites for hydroxylation is 1. The molecule has 4 rings (SSSR count). The number of rotatable bonds is 9. The molecule has 11 heteroatoms. The van der Waals surface area contributed by atoms with Crippen LogP contribution in [-0.2, 0) is 17.6 Å². The van der Waals surface area contributed by atoms with E-state index in [9.17, 15) is 9.90 Å². The average Bonchev–Trinajstić information content (AvgIpc) is 3.29. The molecule has 0 unspecified atom stereocenters. The van der Waals surface area contributed by atoms with Crippen molar-refractivity contribution >= 4 is 22.9 Å². The largest absolute Gasteiger partial charge is 0.506 e. The molecule has 3 heterocycles. The topological polar surface area (TPSA) is 169 Å². The Bertz CT molecular complexity index is 1500. The van der Waals surface area contributed by atoms with Crippen molar-refractivity contribution in [2.75, 3.05) is 14.2 Å². The van der Waals surface area contributed by atoms with Crippen molar-refractivity contribution in [2.24, 2.45) is 0 Å². The van der Waals surface area contributed by atoms with Crippen molar-refractivity contribution in [3.8, 4) is 28.4 Å². The van der Waals surface area contributed by atoms with Crippen LogP contribution in [0.4, 0.5) is 0 Å². The Labute approximate surface area is 212 Å². The first-order valence-corrected chi connectivity index (χ1v) is 11.7. The second-order valence-electron chi connectivity index (χ2n) is 8.23. The number of aromatic hydroxyl groups is 1. The van der Waals surface area contributed by atoms with Crippen molar-refractivity contribution in [3.05, 3.63) is 63.8 Å². The fourth-order valence-electron chi connectivity index (χ4n) is 4.08. The Morgan fingerprint density at radius 2 is 1.89 bits per heavy atom. The first-order valence-electron chi connectivity index (χ1n) is 11.7. The molecule has 11 nitrogen and oxygen atoms in total. The number of nitrogens with zero attached hydrogens (tertiary/aromatic N) is 2. The van der Waals surface area contributed by atoms with Gasteiger partial charge in [-0.25, -0.2) is 5.41 Å². The number of methoxy groups -OCH3 is 2. The third-order valence-electron chi connectivity index (χ3n) is 5.83. The Hall–Kier alpha value is -4.67. The van der Waals surface area contributed by atoms with E-state index < -0.39 is 17.2 Å². The number of nitrogens with one attached hydrogen (secondary N) is 2. The normalized spacial score (nSPS) is 10.9. The molecule has 0 aliphatic heterocycles. The van der Waals surface area contributed by atoms with Crippen LogP contribution < -0.4 is 20.4 Å². The highest BCUT2D eigenvalue weighted by molar-refractivity contribution is 6.03. The smallest absolute Gasteiger partial charge is 0.346 e. The number of benzene rings is 1. The van der Waals surface area contributed by atoms with Gasteiger partial charge in [-0.2, -0.15) is 0 Å². The molecule has 0 saturated heterocycles. The van der Waals surface area contributed by atoms with E-state index in [1.54, 1.807) is 36.5 Å². The van der Waals surface area contributed by atoms with E-state index in [4.69, 9.17) is 29.6 Å². The summed E-state index contributed by atoms with van der Waals surface area (Å²) in [5.74, 6) is -0.349. The summed E-state index contributed by atoms with van der Waals surface area (Å²) in [6.07, 6.45) is 3.67. The van der Waals surface area contributed by atoms with Gasteiger partial charge in [-0.15, -0.1) is 0 Å². The molecule has 0 saturated carbocycles. The Morgan fingerprint density at radius 3 is 2.57 bits per heavy atom. The van der Waals surface area contributed by atoms with Gasteiger partial charge in [0, 0.05) is 11.9 Å². The lowest BCUT2D eigenvalue weighted by Crippen LogP contribution is -2.44. The summed E-state index contributed by atoms with van der Waals surface area (Å²) in [7, 11) is 2.99. The number of H-pyrrole nitrogens is 1. The summed E-state index contributed by atoms with van der Waals surface area (Å²) in [4.78, 5) is 20.1. The van der Waals surface area contributed by atoms with E-state index in [1.807, 2.05) is 6.92 Å². The van der Waals surface area contributed by atoms with Crippen LogP contribution in [0.3, 0.4) is 0 Å². The van der Waals surface area contributed by atoms with Gasteiger partial charge in [0.15, 0.2) is 5.58 Å². The predicted molar refractivity (Wildman–Crippen MR) is 136 cm³/mol. The minimum atomic E-state index is -0.687.